The molecule has 0 aromatic carbocycles. The maximum Gasteiger partial charge on any atom is 0.140 e. The minimum atomic E-state index is 0.588. The molecule has 0 amide bonds. The van der Waals surface area contributed by atoms with Gasteiger partial charge in [-0.15, -0.1) is 11.3 Å². The molecule has 0 saturated carbocycles. The van der Waals surface area contributed by atoms with Gasteiger partial charge in [0.25, 0.3) is 0 Å². The van der Waals surface area contributed by atoms with Gasteiger partial charge in [0.15, 0.2) is 0 Å². The normalized spacial score (nSPS) is 11.4. The molecule has 0 spiro atoms. The van der Waals surface area contributed by atoms with Crippen LogP contribution in [-0.4, -0.2) is 14.8 Å². The molecule has 0 saturated heterocycles. The van der Waals surface area contributed by atoms with Crippen LogP contribution in [0.3, 0.4) is 0 Å². The lowest BCUT2D eigenvalue weighted by Crippen LogP contribution is -2.18. The van der Waals surface area contributed by atoms with Gasteiger partial charge in [-0.25, -0.2) is 9.67 Å². The monoisotopic (exact) mass is 278 g/mol. The first-order chi connectivity index (χ1) is 9.19. The molecule has 2 heterocycles. The maximum atomic E-state index is 4.31. The van der Waals surface area contributed by atoms with Gasteiger partial charge in [-0.3, -0.25) is 0 Å². The van der Waals surface area contributed by atoms with Crippen molar-refractivity contribution in [1.82, 2.24) is 20.1 Å². The van der Waals surface area contributed by atoms with Gasteiger partial charge in [-0.1, -0.05) is 20.8 Å². The van der Waals surface area contributed by atoms with E-state index in [2.05, 4.69) is 48.3 Å². The fourth-order valence-corrected chi connectivity index (χ4v) is 2.86. The fourth-order valence-electron chi connectivity index (χ4n) is 1.93. The summed E-state index contributed by atoms with van der Waals surface area (Å²) in [5, 5.41) is 7.71. The molecular weight excluding hydrogens is 256 g/mol. The molecule has 0 aliphatic heterocycles. The topological polar surface area (TPSA) is 42.7 Å². The van der Waals surface area contributed by atoms with E-state index in [1.165, 1.54) is 9.75 Å². The van der Waals surface area contributed by atoms with E-state index in [4.69, 9.17) is 0 Å². The van der Waals surface area contributed by atoms with E-state index in [1.807, 2.05) is 16.0 Å². The third-order valence-corrected chi connectivity index (χ3v) is 4.11. The van der Waals surface area contributed by atoms with Crippen LogP contribution in [0.25, 0.3) is 0 Å². The molecule has 0 aliphatic rings. The molecule has 0 bridgehead atoms. The van der Waals surface area contributed by atoms with Crippen LogP contribution in [0.2, 0.25) is 0 Å². The predicted molar refractivity (Wildman–Crippen MR) is 79.1 cm³/mol. The summed E-state index contributed by atoms with van der Waals surface area (Å²) in [4.78, 5) is 7.14. The smallest absolute Gasteiger partial charge is 0.140 e. The Kier molecular flexibility index (Phi) is 5.10. The van der Waals surface area contributed by atoms with Gasteiger partial charge in [-0.05, 0) is 24.5 Å². The molecule has 1 N–H and O–H groups in total. The number of aromatic nitrogens is 3. The summed E-state index contributed by atoms with van der Waals surface area (Å²) < 4.78 is 1.99. The summed E-state index contributed by atoms with van der Waals surface area (Å²) >= 11 is 1.88. The number of thiophene rings is 1. The van der Waals surface area contributed by atoms with Crippen molar-refractivity contribution in [2.24, 2.45) is 5.92 Å². The Labute approximate surface area is 118 Å². The number of aryl methyl sites for hydroxylation is 1. The van der Waals surface area contributed by atoms with Gasteiger partial charge < -0.3 is 5.32 Å². The van der Waals surface area contributed by atoms with E-state index < -0.39 is 0 Å². The van der Waals surface area contributed by atoms with Crippen LogP contribution in [0.1, 0.15) is 36.3 Å². The minimum Gasteiger partial charge on any atom is -0.305 e. The minimum absolute atomic E-state index is 0.588. The highest BCUT2D eigenvalue weighted by atomic mass is 32.1. The van der Waals surface area contributed by atoms with Crippen LogP contribution in [0.4, 0.5) is 0 Å². The number of hydrogen-bond donors (Lipinski definition) is 1. The standard InChI is InChI=1S/C14H22N4S/c1-4-12-5-6-13(19-12)7-15-8-14-16-10-17-18(14)9-11(2)3/h5-6,10-11,15H,4,7-9H2,1-3H3. The highest BCUT2D eigenvalue weighted by molar-refractivity contribution is 7.11. The zero-order valence-electron chi connectivity index (χ0n) is 11.9. The predicted octanol–water partition coefficient (Wildman–Crippen LogP) is 2.85. The molecule has 0 atom stereocenters. The summed E-state index contributed by atoms with van der Waals surface area (Å²) in [6.07, 6.45) is 2.76. The van der Waals surface area contributed by atoms with Crippen molar-refractivity contribution in [3.8, 4) is 0 Å². The maximum absolute atomic E-state index is 4.31. The molecule has 2 aromatic heterocycles. The van der Waals surface area contributed by atoms with Crippen LogP contribution in [0.15, 0.2) is 18.5 Å². The zero-order chi connectivity index (χ0) is 13.7. The van der Waals surface area contributed by atoms with Crippen LogP contribution in [-0.2, 0) is 26.1 Å². The Balaban J connectivity index is 1.83. The molecular formula is C14H22N4S. The van der Waals surface area contributed by atoms with Crippen LogP contribution < -0.4 is 5.32 Å². The summed E-state index contributed by atoms with van der Waals surface area (Å²) in [5.41, 5.74) is 0. The van der Waals surface area contributed by atoms with E-state index in [1.54, 1.807) is 6.33 Å². The molecule has 104 valence electrons. The first-order valence-corrected chi connectivity index (χ1v) is 7.65. The second kappa shape index (κ2) is 6.82. The first kappa shape index (κ1) is 14.2. The number of nitrogens with zero attached hydrogens (tertiary/aromatic N) is 3. The fraction of sp³-hybridized carbons (Fsp3) is 0.571. The average molecular weight is 278 g/mol. The van der Waals surface area contributed by atoms with Crippen molar-refractivity contribution in [3.63, 3.8) is 0 Å². The van der Waals surface area contributed by atoms with Gasteiger partial charge in [0, 0.05) is 22.8 Å². The third kappa shape index (κ3) is 4.14. The SMILES string of the molecule is CCc1ccc(CNCc2ncnn2CC(C)C)s1. The molecule has 0 aliphatic carbocycles. The third-order valence-electron chi connectivity index (χ3n) is 2.88. The largest absolute Gasteiger partial charge is 0.305 e. The summed E-state index contributed by atoms with van der Waals surface area (Å²) in [6.45, 7) is 9.17. The Bertz CT molecular complexity index is 501. The number of rotatable bonds is 7. The summed E-state index contributed by atoms with van der Waals surface area (Å²) in [5.74, 6) is 1.60. The molecule has 5 heteroatoms. The van der Waals surface area contributed by atoms with Crippen molar-refractivity contribution in [3.05, 3.63) is 34.0 Å². The lowest BCUT2D eigenvalue weighted by Gasteiger charge is -2.08. The highest BCUT2D eigenvalue weighted by Crippen LogP contribution is 2.16. The quantitative estimate of drug-likeness (QED) is 0.847. The molecule has 0 radical (unpaired) electrons. The van der Waals surface area contributed by atoms with Crippen LogP contribution in [0, 0.1) is 5.92 Å². The van der Waals surface area contributed by atoms with Crippen molar-refractivity contribution < 1.29 is 0 Å². The molecule has 0 unspecified atom stereocenters. The molecule has 2 aromatic rings. The lowest BCUT2D eigenvalue weighted by atomic mass is 10.2. The number of nitrogens with one attached hydrogen (secondary N) is 1. The highest BCUT2D eigenvalue weighted by Gasteiger charge is 2.06. The van der Waals surface area contributed by atoms with Crippen molar-refractivity contribution in [2.75, 3.05) is 0 Å². The Hall–Kier alpha value is -1.20. The Morgan fingerprint density at radius 3 is 2.74 bits per heavy atom. The molecule has 4 nitrogen and oxygen atoms in total. The van der Waals surface area contributed by atoms with E-state index >= 15 is 0 Å². The lowest BCUT2D eigenvalue weighted by molar-refractivity contribution is 0.458. The molecule has 0 fully saturated rings. The van der Waals surface area contributed by atoms with Gasteiger partial charge >= 0.3 is 0 Å². The summed E-state index contributed by atoms with van der Waals surface area (Å²) in [7, 11) is 0. The Morgan fingerprint density at radius 1 is 1.26 bits per heavy atom. The van der Waals surface area contributed by atoms with Gasteiger partial charge in [0.05, 0.1) is 6.54 Å². The van der Waals surface area contributed by atoms with Crippen molar-refractivity contribution in [1.29, 1.82) is 0 Å². The van der Waals surface area contributed by atoms with Crippen molar-refractivity contribution >= 4 is 11.3 Å². The van der Waals surface area contributed by atoms with Gasteiger partial charge in [0.1, 0.15) is 12.2 Å². The summed E-state index contributed by atoms with van der Waals surface area (Å²) in [6, 6.07) is 4.41. The molecule has 19 heavy (non-hydrogen) atoms. The van der Waals surface area contributed by atoms with Crippen molar-refractivity contribution in [2.45, 2.75) is 46.8 Å². The second-order valence-corrected chi connectivity index (χ2v) is 6.33. The first-order valence-electron chi connectivity index (χ1n) is 6.84. The van der Waals surface area contributed by atoms with E-state index in [0.717, 1.165) is 31.9 Å². The number of hydrogen-bond acceptors (Lipinski definition) is 4. The van der Waals surface area contributed by atoms with Crippen LogP contribution in [0.5, 0.6) is 0 Å². The van der Waals surface area contributed by atoms with Crippen LogP contribution >= 0.6 is 11.3 Å². The van der Waals surface area contributed by atoms with Gasteiger partial charge in [0.2, 0.25) is 0 Å². The van der Waals surface area contributed by atoms with E-state index in [-0.39, 0.29) is 0 Å². The Morgan fingerprint density at radius 2 is 2.05 bits per heavy atom. The second-order valence-electron chi connectivity index (χ2n) is 5.08. The van der Waals surface area contributed by atoms with E-state index in [9.17, 15) is 0 Å². The van der Waals surface area contributed by atoms with E-state index in [0.29, 0.717) is 5.92 Å². The average Bonchev–Trinajstić information content (AvgIpc) is 2.99. The molecule has 2 rings (SSSR count). The zero-order valence-corrected chi connectivity index (χ0v) is 12.7. The van der Waals surface area contributed by atoms with Gasteiger partial charge in [-0.2, -0.15) is 5.10 Å².